The largest absolute Gasteiger partial charge is 0.381 e. The second-order valence-corrected chi connectivity index (χ2v) is 4.67. The molecular formula is C16H17NO2. The summed E-state index contributed by atoms with van der Waals surface area (Å²) in [6.45, 7) is 3.18. The number of hydrogen-bond acceptors (Lipinski definition) is 2. The smallest absolute Gasteiger partial charge is 0.221 e. The SMILES string of the molecule is CC(=O)Nc1ccccc1C(C)(O)c1ccccc1. The van der Waals surface area contributed by atoms with Gasteiger partial charge in [-0.2, -0.15) is 0 Å². The minimum Gasteiger partial charge on any atom is -0.381 e. The number of aliphatic hydroxyl groups is 1. The van der Waals surface area contributed by atoms with Crippen LogP contribution >= 0.6 is 0 Å². The van der Waals surface area contributed by atoms with Crippen LogP contribution in [0.2, 0.25) is 0 Å². The van der Waals surface area contributed by atoms with E-state index in [9.17, 15) is 9.90 Å². The maximum atomic E-state index is 11.2. The molecule has 1 unspecified atom stereocenters. The van der Waals surface area contributed by atoms with Crippen molar-refractivity contribution in [2.75, 3.05) is 5.32 Å². The van der Waals surface area contributed by atoms with Gasteiger partial charge in [0.25, 0.3) is 0 Å². The predicted octanol–water partition coefficient (Wildman–Crippen LogP) is 2.90. The zero-order valence-corrected chi connectivity index (χ0v) is 11.1. The highest BCUT2D eigenvalue weighted by Crippen LogP contribution is 2.33. The summed E-state index contributed by atoms with van der Waals surface area (Å²) in [5.74, 6) is -0.156. The van der Waals surface area contributed by atoms with E-state index < -0.39 is 5.60 Å². The third-order valence-electron chi connectivity index (χ3n) is 3.10. The van der Waals surface area contributed by atoms with Crippen molar-refractivity contribution in [3.05, 3.63) is 65.7 Å². The molecule has 0 radical (unpaired) electrons. The molecule has 1 amide bonds. The summed E-state index contributed by atoms with van der Waals surface area (Å²) in [4.78, 5) is 11.2. The molecule has 0 bridgehead atoms. The first-order valence-electron chi connectivity index (χ1n) is 6.17. The third kappa shape index (κ3) is 2.83. The topological polar surface area (TPSA) is 49.3 Å². The molecule has 0 fully saturated rings. The molecule has 0 saturated carbocycles. The van der Waals surface area contributed by atoms with E-state index in [2.05, 4.69) is 5.32 Å². The average Bonchev–Trinajstić information content (AvgIpc) is 2.39. The van der Waals surface area contributed by atoms with Crippen molar-refractivity contribution >= 4 is 11.6 Å². The van der Waals surface area contributed by atoms with Gasteiger partial charge >= 0.3 is 0 Å². The lowest BCUT2D eigenvalue weighted by molar-refractivity contribution is -0.114. The second kappa shape index (κ2) is 5.24. The molecule has 0 heterocycles. The van der Waals surface area contributed by atoms with E-state index in [-0.39, 0.29) is 5.91 Å². The Morgan fingerprint density at radius 1 is 1.05 bits per heavy atom. The van der Waals surface area contributed by atoms with E-state index in [0.717, 1.165) is 5.56 Å². The van der Waals surface area contributed by atoms with Gasteiger partial charge in [0, 0.05) is 18.2 Å². The van der Waals surface area contributed by atoms with E-state index in [1.54, 1.807) is 13.0 Å². The van der Waals surface area contributed by atoms with Crippen molar-refractivity contribution in [3.63, 3.8) is 0 Å². The van der Waals surface area contributed by atoms with Crippen LogP contribution in [0.1, 0.15) is 25.0 Å². The van der Waals surface area contributed by atoms with Crippen LogP contribution in [-0.2, 0) is 10.4 Å². The molecule has 1 atom stereocenters. The number of carbonyl (C=O) groups excluding carboxylic acids is 1. The lowest BCUT2D eigenvalue weighted by Gasteiger charge is -2.27. The fourth-order valence-corrected chi connectivity index (χ4v) is 2.12. The van der Waals surface area contributed by atoms with Crippen LogP contribution < -0.4 is 5.32 Å². The number of benzene rings is 2. The van der Waals surface area contributed by atoms with Gasteiger partial charge in [0.05, 0.1) is 0 Å². The molecule has 0 aliphatic carbocycles. The van der Waals surface area contributed by atoms with Crippen molar-refractivity contribution < 1.29 is 9.90 Å². The standard InChI is InChI=1S/C16H17NO2/c1-12(18)17-15-11-7-6-10-14(15)16(2,19)13-8-4-3-5-9-13/h3-11,19H,1-2H3,(H,17,18). The second-order valence-electron chi connectivity index (χ2n) is 4.67. The fourth-order valence-electron chi connectivity index (χ4n) is 2.12. The lowest BCUT2D eigenvalue weighted by Crippen LogP contribution is -2.25. The molecule has 0 aliphatic rings. The van der Waals surface area contributed by atoms with Crippen molar-refractivity contribution in [2.45, 2.75) is 19.4 Å². The molecule has 0 aliphatic heterocycles. The highest BCUT2D eigenvalue weighted by molar-refractivity contribution is 5.89. The maximum absolute atomic E-state index is 11.2. The van der Waals surface area contributed by atoms with Gasteiger partial charge in [0.2, 0.25) is 5.91 Å². The van der Waals surface area contributed by atoms with Gasteiger partial charge in [0.1, 0.15) is 5.60 Å². The molecule has 2 aromatic rings. The zero-order valence-electron chi connectivity index (χ0n) is 11.1. The first kappa shape index (κ1) is 13.3. The quantitative estimate of drug-likeness (QED) is 0.886. The summed E-state index contributed by atoms with van der Waals surface area (Å²) in [6, 6.07) is 16.7. The normalized spacial score (nSPS) is 13.6. The summed E-state index contributed by atoms with van der Waals surface area (Å²) in [5, 5.41) is 13.5. The number of rotatable bonds is 3. The van der Waals surface area contributed by atoms with E-state index >= 15 is 0 Å². The minimum absolute atomic E-state index is 0.156. The number of amides is 1. The van der Waals surface area contributed by atoms with Gasteiger partial charge in [-0.1, -0.05) is 48.5 Å². The van der Waals surface area contributed by atoms with E-state index in [1.807, 2.05) is 48.5 Å². The van der Waals surface area contributed by atoms with Crippen molar-refractivity contribution in [1.29, 1.82) is 0 Å². The van der Waals surface area contributed by atoms with Gasteiger partial charge < -0.3 is 10.4 Å². The highest BCUT2D eigenvalue weighted by Gasteiger charge is 2.28. The Kier molecular flexibility index (Phi) is 3.67. The van der Waals surface area contributed by atoms with Crippen LogP contribution in [0.5, 0.6) is 0 Å². The molecule has 2 rings (SSSR count). The Bertz CT molecular complexity index is 576. The van der Waals surface area contributed by atoms with Crippen molar-refractivity contribution in [2.24, 2.45) is 0 Å². The van der Waals surface area contributed by atoms with Crippen LogP contribution in [0, 0.1) is 0 Å². The molecule has 2 aromatic carbocycles. The van der Waals surface area contributed by atoms with Crippen LogP contribution in [0.3, 0.4) is 0 Å². The van der Waals surface area contributed by atoms with Gasteiger partial charge in [0.15, 0.2) is 0 Å². The number of carbonyl (C=O) groups is 1. The van der Waals surface area contributed by atoms with E-state index in [1.165, 1.54) is 6.92 Å². The van der Waals surface area contributed by atoms with Crippen molar-refractivity contribution in [1.82, 2.24) is 0 Å². The lowest BCUT2D eigenvalue weighted by atomic mass is 9.87. The molecular weight excluding hydrogens is 238 g/mol. The van der Waals surface area contributed by atoms with Gasteiger partial charge in [-0.3, -0.25) is 4.79 Å². The molecule has 0 spiro atoms. The molecule has 3 heteroatoms. The van der Waals surface area contributed by atoms with Crippen LogP contribution in [-0.4, -0.2) is 11.0 Å². The Hall–Kier alpha value is -2.13. The minimum atomic E-state index is -1.15. The number of para-hydroxylation sites is 1. The van der Waals surface area contributed by atoms with Crippen molar-refractivity contribution in [3.8, 4) is 0 Å². The number of anilines is 1. The van der Waals surface area contributed by atoms with Crippen LogP contribution in [0.25, 0.3) is 0 Å². The highest BCUT2D eigenvalue weighted by atomic mass is 16.3. The Labute approximate surface area is 112 Å². The van der Waals surface area contributed by atoms with Gasteiger partial charge in [-0.25, -0.2) is 0 Å². The third-order valence-corrected chi connectivity index (χ3v) is 3.10. The predicted molar refractivity (Wildman–Crippen MR) is 75.9 cm³/mol. The summed E-state index contributed by atoms with van der Waals surface area (Å²) >= 11 is 0. The Morgan fingerprint density at radius 2 is 1.63 bits per heavy atom. The number of nitrogens with one attached hydrogen (secondary N) is 1. The average molecular weight is 255 g/mol. The Balaban J connectivity index is 2.49. The first-order valence-corrected chi connectivity index (χ1v) is 6.17. The van der Waals surface area contributed by atoms with Gasteiger partial charge in [-0.15, -0.1) is 0 Å². The Morgan fingerprint density at radius 3 is 2.26 bits per heavy atom. The van der Waals surface area contributed by atoms with Crippen LogP contribution in [0.15, 0.2) is 54.6 Å². The molecule has 19 heavy (non-hydrogen) atoms. The summed E-state index contributed by atoms with van der Waals surface area (Å²) < 4.78 is 0. The maximum Gasteiger partial charge on any atom is 0.221 e. The first-order chi connectivity index (χ1) is 9.01. The fraction of sp³-hybridized carbons (Fsp3) is 0.188. The summed E-state index contributed by atoms with van der Waals surface area (Å²) in [6.07, 6.45) is 0. The van der Waals surface area contributed by atoms with E-state index in [0.29, 0.717) is 11.3 Å². The molecule has 0 saturated heterocycles. The monoisotopic (exact) mass is 255 g/mol. The van der Waals surface area contributed by atoms with Crippen LogP contribution in [0.4, 0.5) is 5.69 Å². The molecule has 0 aromatic heterocycles. The molecule has 3 nitrogen and oxygen atoms in total. The molecule has 98 valence electrons. The van der Waals surface area contributed by atoms with Gasteiger partial charge in [-0.05, 0) is 18.6 Å². The number of hydrogen-bond donors (Lipinski definition) is 2. The zero-order chi connectivity index (χ0) is 13.9. The summed E-state index contributed by atoms with van der Waals surface area (Å²) in [5.41, 5.74) is 0.938. The summed E-state index contributed by atoms with van der Waals surface area (Å²) in [7, 11) is 0. The molecule has 2 N–H and O–H groups in total. The van der Waals surface area contributed by atoms with E-state index in [4.69, 9.17) is 0 Å².